The predicted octanol–water partition coefficient (Wildman–Crippen LogP) is 1.21. The molecule has 0 radical (unpaired) electrons. The lowest BCUT2D eigenvalue weighted by atomic mass is 10.1. The highest BCUT2D eigenvalue weighted by Crippen LogP contribution is 2.27. The Bertz CT molecular complexity index is 236. The minimum atomic E-state index is -0.138. The zero-order chi connectivity index (χ0) is 8.43. The Balaban J connectivity index is 2.98. The van der Waals surface area contributed by atoms with Crippen molar-refractivity contribution in [3.8, 4) is 0 Å². The summed E-state index contributed by atoms with van der Waals surface area (Å²) in [5.41, 5.74) is 2.43. The molecule has 2 heteroatoms. The van der Waals surface area contributed by atoms with Crippen molar-refractivity contribution < 1.29 is 9.90 Å². The fourth-order valence-electron chi connectivity index (χ4n) is 1.36. The second kappa shape index (κ2) is 3.01. The van der Waals surface area contributed by atoms with Gasteiger partial charge in [0, 0.05) is 12.0 Å². The Morgan fingerprint density at radius 2 is 2.27 bits per heavy atom. The SMILES string of the molecule is C=C(C)C1=C(CO)C(=O)CC1. The van der Waals surface area contributed by atoms with Crippen molar-refractivity contribution in [2.45, 2.75) is 19.8 Å². The van der Waals surface area contributed by atoms with E-state index in [-0.39, 0.29) is 12.4 Å². The number of aliphatic hydroxyl groups excluding tert-OH is 1. The Labute approximate surface area is 66.2 Å². The average Bonchev–Trinajstić information content (AvgIpc) is 2.30. The van der Waals surface area contributed by atoms with E-state index in [0.717, 1.165) is 17.6 Å². The molecule has 0 bridgehead atoms. The van der Waals surface area contributed by atoms with Gasteiger partial charge in [-0.2, -0.15) is 0 Å². The lowest BCUT2D eigenvalue weighted by Crippen LogP contribution is -2.01. The minimum Gasteiger partial charge on any atom is -0.392 e. The third kappa shape index (κ3) is 1.40. The molecule has 0 saturated heterocycles. The van der Waals surface area contributed by atoms with Crippen LogP contribution in [0.5, 0.6) is 0 Å². The quantitative estimate of drug-likeness (QED) is 0.645. The molecule has 0 fully saturated rings. The van der Waals surface area contributed by atoms with E-state index >= 15 is 0 Å². The number of ketones is 1. The van der Waals surface area contributed by atoms with Crippen molar-refractivity contribution >= 4 is 5.78 Å². The molecule has 1 aliphatic carbocycles. The maximum absolute atomic E-state index is 11.1. The number of carbonyl (C=O) groups excluding carboxylic acids is 1. The summed E-state index contributed by atoms with van der Waals surface area (Å²) in [6, 6.07) is 0. The molecule has 0 aliphatic heterocycles. The first-order valence-corrected chi connectivity index (χ1v) is 3.68. The Hall–Kier alpha value is -0.890. The Morgan fingerprint density at radius 3 is 2.64 bits per heavy atom. The van der Waals surface area contributed by atoms with Gasteiger partial charge in [0.2, 0.25) is 0 Å². The predicted molar refractivity (Wildman–Crippen MR) is 43.2 cm³/mol. The highest BCUT2D eigenvalue weighted by Gasteiger charge is 2.21. The summed E-state index contributed by atoms with van der Waals surface area (Å²) in [6.07, 6.45) is 1.29. The number of carbonyl (C=O) groups is 1. The summed E-state index contributed by atoms with van der Waals surface area (Å²) < 4.78 is 0. The van der Waals surface area contributed by atoms with Crippen molar-refractivity contribution in [1.29, 1.82) is 0 Å². The standard InChI is InChI=1S/C9H12O2/c1-6(2)7-3-4-9(11)8(7)5-10/h10H,1,3-5H2,2H3. The van der Waals surface area contributed by atoms with Gasteiger partial charge in [-0.05, 0) is 18.9 Å². The molecule has 0 spiro atoms. The van der Waals surface area contributed by atoms with Gasteiger partial charge in [0.15, 0.2) is 5.78 Å². The molecule has 11 heavy (non-hydrogen) atoms. The van der Waals surface area contributed by atoms with E-state index < -0.39 is 0 Å². The molecule has 1 rings (SSSR count). The molecular weight excluding hydrogens is 140 g/mol. The lowest BCUT2D eigenvalue weighted by molar-refractivity contribution is -0.115. The smallest absolute Gasteiger partial charge is 0.161 e. The van der Waals surface area contributed by atoms with Crippen molar-refractivity contribution in [2.24, 2.45) is 0 Å². The van der Waals surface area contributed by atoms with Crippen LogP contribution in [0.4, 0.5) is 0 Å². The topological polar surface area (TPSA) is 37.3 Å². The van der Waals surface area contributed by atoms with E-state index in [9.17, 15) is 4.79 Å². The molecule has 1 aliphatic rings. The van der Waals surface area contributed by atoms with E-state index in [2.05, 4.69) is 6.58 Å². The monoisotopic (exact) mass is 152 g/mol. The zero-order valence-corrected chi connectivity index (χ0v) is 6.68. The van der Waals surface area contributed by atoms with Gasteiger partial charge >= 0.3 is 0 Å². The van der Waals surface area contributed by atoms with Gasteiger partial charge in [-0.15, -0.1) is 0 Å². The van der Waals surface area contributed by atoms with Crippen LogP contribution in [0.3, 0.4) is 0 Å². The summed E-state index contributed by atoms with van der Waals surface area (Å²) in [6.45, 7) is 5.48. The van der Waals surface area contributed by atoms with E-state index in [0.29, 0.717) is 12.0 Å². The maximum Gasteiger partial charge on any atom is 0.161 e. The van der Waals surface area contributed by atoms with Crippen molar-refractivity contribution in [3.05, 3.63) is 23.3 Å². The molecule has 0 saturated carbocycles. The maximum atomic E-state index is 11.1. The van der Waals surface area contributed by atoms with Crippen LogP contribution in [0.1, 0.15) is 19.8 Å². The molecule has 1 N–H and O–H groups in total. The Kier molecular flexibility index (Phi) is 2.25. The summed E-state index contributed by atoms with van der Waals surface area (Å²) in [4.78, 5) is 11.1. The molecule has 0 amide bonds. The number of Topliss-reactive ketones (excluding diaryl/α,β-unsaturated/α-hetero) is 1. The third-order valence-electron chi connectivity index (χ3n) is 1.98. The summed E-state index contributed by atoms with van der Waals surface area (Å²) in [5.74, 6) is 0.0745. The van der Waals surface area contributed by atoms with Gasteiger partial charge in [-0.25, -0.2) is 0 Å². The fraction of sp³-hybridized carbons (Fsp3) is 0.444. The van der Waals surface area contributed by atoms with Crippen LogP contribution in [0.25, 0.3) is 0 Å². The summed E-state index contributed by atoms with van der Waals surface area (Å²) in [7, 11) is 0. The number of allylic oxidation sites excluding steroid dienone is 2. The molecular formula is C9H12O2. The molecule has 0 unspecified atom stereocenters. The van der Waals surface area contributed by atoms with E-state index in [1.54, 1.807) is 0 Å². The number of hydrogen-bond acceptors (Lipinski definition) is 2. The summed E-state index contributed by atoms with van der Waals surface area (Å²) >= 11 is 0. The fourth-order valence-corrected chi connectivity index (χ4v) is 1.36. The van der Waals surface area contributed by atoms with Crippen LogP contribution in [-0.2, 0) is 4.79 Å². The second-order valence-electron chi connectivity index (χ2n) is 2.82. The van der Waals surface area contributed by atoms with Gasteiger partial charge in [-0.3, -0.25) is 4.79 Å². The molecule has 0 aromatic rings. The largest absolute Gasteiger partial charge is 0.392 e. The van der Waals surface area contributed by atoms with Gasteiger partial charge in [0.1, 0.15) is 0 Å². The van der Waals surface area contributed by atoms with Crippen LogP contribution < -0.4 is 0 Å². The molecule has 0 aromatic carbocycles. The van der Waals surface area contributed by atoms with Crippen LogP contribution in [0, 0.1) is 0 Å². The Morgan fingerprint density at radius 1 is 1.64 bits per heavy atom. The molecule has 0 heterocycles. The average molecular weight is 152 g/mol. The first-order chi connectivity index (χ1) is 5.16. The minimum absolute atomic E-state index is 0.0745. The van der Waals surface area contributed by atoms with E-state index in [1.807, 2.05) is 6.92 Å². The van der Waals surface area contributed by atoms with Crippen LogP contribution >= 0.6 is 0 Å². The zero-order valence-electron chi connectivity index (χ0n) is 6.68. The first kappa shape index (κ1) is 8.21. The number of aliphatic hydroxyl groups is 1. The highest BCUT2D eigenvalue weighted by atomic mass is 16.3. The van der Waals surface area contributed by atoms with E-state index in [1.165, 1.54) is 0 Å². The summed E-state index contributed by atoms with van der Waals surface area (Å²) in [5, 5.41) is 8.84. The lowest BCUT2D eigenvalue weighted by Gasteiger charge is -2.00. The van der Waals surface area contributed by atoms with Crippen LogP contribution in [0.15, 0.2) is 23.3 Å². The van der Waals surface area contributed by atoms with Crippen molar-refractivity contribution in [1.82, 2.24) is 0 Å². The van der Waals surface area contributed by atoms with Crippen LogP contribution in [-0.4, -0.2) is 17.5 Å². The van der Waals surface area contributed by atoms with Gasteiger partial charge < -0.3 is 5.11 Å². The molecule has 2 nitrogen and oxygen atoms in total. The molecule has 60 valence electrons. The molecule has 0 aromatic heterocycles. The van der Waals surface area contributed by atoms with E-state index in [4.69, 9.17) is 5.11 Å². The van der Waals surface area contributed by atoms with Crippen LogP contribution in [0.2, 0.25) is 0 Å². The van der Waals surface area contributed by atoms with Gasteiger partial charge in [0.25, 0.3) is 0 Å². The second-order valence-corrected chi connectivity index (χ2v) is 2.82. The highest BCUT2D eigenvalue weighted by molar-refractivity contribution is 5.99. The normalized spacial score (nSPS) is 17.8. The number of rotatable bonds is 2. The molecule has 0 atom stereocenters. The van der Waals surface area contributed by atoms with Gasteiger partial charge in [0.05, 0.1) is 6.61 Å². The third-order valence-corrected chi connectivity index (χ3v) is 1.98. The first-order valence-electron chi connectivity index (χ1n) is 3.68. The number of hydrogen-bond donors (Lipinski definition) is 1. The van der Waals surface area contributed by atoms with Crippen molar-refractivity contribution in [2.75, 3.05) is 6.61 Å². The van der Waals surface area contributed by atoms with Gasteiger partial charge in [-0.1, -0.05) is 12.2 Å². The van der Waals surface area contributed by atoms with Crippen molar-refractivity contribution in [3.63, 3.8) is 0 Å².